The van der Waals surface area contributed by atoms with Gasteiger partial charge in [-0.3, -0.25) is 9.69 Å². The van der Waals surface area contributed by atoms with Crippen LogP contribution in [0.5, 0.6) is 11.5 Å². The van der Waals surface area contributed by atoms with Gasteiger partial charge in [0, 0.05) is 43.3 Å². The van der Waals surface area contributed by atoms with E-state index in [1.807, 2.05) is 23.1 Å². The molecule has 2 aliphatic heterocycles. The van der Waals surface area contributed by atoms with Gasteiger partial charge in [-0.2, -0.15) is 0 Å². The summed E-state index contributed by atoms with van der Waals surface area (Å²) in [4.78, 5) is 17.2. The first-order valence-corrected chi connectivity index (χ1v) is 9.22. The predicted octanol–water partition coefficient (Wildman–Crippen LogP) is 3.42. The van der Waals surface area contributed by atoms with Gasteiger partial charge in [0.2, 0.25) is 6.79 Å². The lowest BCUT2D eigenvalue weighted by Crippen LogP contribution is -2.35. The predicted molar refractivity (Wildman–Crippen MR) is 99.8 cm³/mol. The Labute approximate surface area is 158 Å². The summed E-state index contributed by atoms with van der Waals surface area (Å²) in [5.74, 6) is 1.40. The van der Waals surface area contributed by atoms with Crippen molar-refractivity contribution in [2.75, 3.05) is 33.0 Å². The van der Waals surface area contributed by atoms with Crippen molar-refractivity contribution in [1.82, 2.24) is 9.80 Å². The van der Waals surface area contributed by atoms with Crippen molar-refractivity contribution in [3.05, 3.63) is 58.6 Å². The van der Waals surface area contributed by atoms with E-state index in [1.165, 1.54) is 5.56 Å². The van der Waals surface area contributed by atoms with Crippen LogP contribution in [0.1, 0.15) is 22.3 Å². The first-order valence-electron chi connectivity index (χ1n) is 8.85. The van der Waals surface area contributed by atoms with E-state index in [0.717, 1.165) is 44.2 Å². The molecular formula is C20H21ClN2O3. The van der Waals surface area contributed by atoms with Crippen LogP contribution in [0.4, 0.5) is 0 Å². The first kappa shape index (κ1) is 17.2. The molecule has 2 aromatic carbocycles. The molecular weight excluding hydrogens is 352 g/mol. The summed E-state index contributed by atoms with van der Waals surface area (Å²) in [6, 6.07) is 13.4. The minimum atomic E-state index is 0.0524. The number of ether oxygens (including phenoxy) is 2. The average Bonchev–Trinajstić information content (AvgIpc) is 3.01. The molecule has 136 valence electrons. The maximum atomic E-state index is 12.9. The largest absolute Gasteiger partial charge is 0.454 e. The maximum Gasteiger partial charge on any atom is 0.254 e. The smallest absolute Gasteiger partial charge is 0.254 e. The van der Waals surface area contributed by atoms with Crippen molar-refractivity contribution in [2.45, 2.75) is 13.0 Å². The Morgan fingerprint density at radius 2 is 1.77 bits per heavy atom. The number of benzene rings is 2. The highest BCUT2D eigenvalue weighted by molar-refractivity contribution is 6.30. The number of rotatable bonds is 3. The third-order valence-electron chi connectivity index (χ3n) is 4.81. The summed E-state index contributed by atoms with van der Waals surface area (Å²) in [7, 11) is 0. The molecule has 5 nitrogen and oxygen atoms in total. The summed E-state index contributed by atoms with van der Waals surface area (Å²) in [5.41, 5.74) is 1.89. The fraction of sp³-hybridized carbons (Fsp3) is 0.350. The maximum absolute atomic E-state index is 12.9. The van der Waals surface area contributed by atoms with Crippen molar-refractivity contribution in [3.8, 4) is 11.5 Å². The van der Waals surface area contributed by atoms with Crippen LogP contribution in [0.2, 0.25) is 5.02 Å². The molecule has 0 spiro atoms. The third-order valence-corrected chi connectivity index (χ3v) is 5.07. The minimum Gasteiger partial charge on any atom is -0.454 e. The van der Waals surface area contributed by atoms with Crippen LogP contribution in [0.15, 0.2) is 42.5 Å². The third kappa shape index (κ3) is 3.79. The van der Waals surface area contributed by atoms with Crippen molar-refractivity contribution in [2.24, 2.45) is 0 Å². The molecule has 0 saturated carbocycles. The van der Waals surface area contributed by atoms with Gasteiger partial charge in [-0.25, -0.2) is 0 Å². The van der Waals surface area contributed by atoms with Gasteiger partial charge < -0.3 is 14.4 Å². The Bertz CT molecular complexity index is 794. The van der Waals surface area contributed by atoms with Crippen LogP contribution in [0.3, 0.4) is 0 Å². The number of hydrogen-bond acceptors (Lipinski definition) is 4. The second-order valence-corrected chi connectivity index (χ2v) is 7.05. The van der Waals surface area contributed by atoms with E-state index in [0.29, 0.717) is 17.1 Å². The Balaban J connectivity index is 1.38. The zero-order valence-corrected chi connectivity index (χ0v) is 15.2. The lowest BCUT2D eigenvalue weighted by Gasteiger charge is -2.22. The standard InChI is InChI=1S/C20H21ClN2O3/c21-17-5-2-15(3-6-17)13-22-8-1-9-23(11-10-22)20(24)16-4-7-18-19(12-16)26-14-25-18/h2-7,12H,1,8-11,13-14H2. The number of amides is 1. The lowest BCUT2D eigenvalue weighted by atomic mass is 10.1. The molecule has 0 unspecified atom stereocenters. The second-order valence-electron chi connectivity index (χ2n) is 6.62. The highest BCUT2D eigenvalue weighted by Gasteiger charge is 2.22. The van der Waals surface area contributed by atoms with Gasteiger partial charge in [0.05, 0.1) is 0 Å². The summed E-state index contributed by atoms with van der Waals surface area (Å²) in [5, 5.41) is 0.755. The van der Waals surface area contributed by atoms with Gasteiger partial charge in [-0.1, -0.05) is 23.7 Å². The molecule has 1 saturated heterocycles. The number of nitrogens with zero attached hydrogens (tertiary/aromatic N) is 2. The molecule has 2 heterocycles. The summed E-state index contributed by atoms with van der Waals surface area (Å²) in [6.45, 7) is 4.43. The highest BCUT2D eigenvalue weighted by atomic mass is 35.5. The van der Waals surface area contributed by atoms with Gasteiger partial charge >= 0.3 is 0 Å². The number of carbonyl (C=O) groups excluding carboxylic acids is 1. The molecule has 0 aromatic heterocycles. The fourth-order valence-corrected chi connectivity index (χ4v) is 3.52. The molecule has 0 atom stereocenters. The number of hydrogen-bond donors (Lipinski definition) is 0. The van der Waals surface area contributed by atoms with E-state index in [2.05, 4.69) is 17.0 Å². The molecule has 1 fully saturated rings. The van der Waals surface area contributed by atoms with E-state index in [-0.39, 0.29) is 12.7 Å². The van der Waals surface area contributed by atoms with Crippen LogP contribution < -0.4 is 9.47 Å². The molecule has 0 aliphatic carbocycles. The second kappa shape index (κ2) is 7.56. The SMILES string of the molecule is O=C(c1ccc2c(c1)OCO2)N1CCCN(Cc2ccc(Cl)cc2)CC1. The van der Waals surface area contributed by atoms with E-state index < -0.39 is 0 Å². The Morgan fingerprint density at radius 1 is 0.962 bits per heavy atom. The van der Waals surface area contributed by atoms with Crippen LogP contribution in [-0.2, 0) is 6.54 Å². The van der Waals surface area contributed by atoms with Crippen LogP contribution in [-0.4, -0.2) is 48.7 Å². The molecule has 0 radical (unpaired) electrons. The summed E-state index contributed by atoms with van der Waals surface area (Å²) >= 11 is 5.95. The van der Waals surface area contributed by atoms with Crippen molar-refractivity contribution in [3.63, 3.8) is 0 Å². The number of fused-ring (bicyclic) bond motifs is 1. The van der Waals surface area contributed by atoms with Gasteiger partial charge in [0.1, 0.15) is 0 Å². The van der Waals surface area contributed by atoms with Crippen LogP contribution in [0.25, 0.3) is 0 Å². The summed E-state index contributed by atoms with van der Waals surface area (Å²) in [6.07, 6.45) is 0.962. The Kier molecular flexibility index (Phi) is 5.00. The molecule has 1 amide bonds. The quantitative estimate of drug-likeness (QED) is 0.828. The van der Waals surface area contributed by atoms with Crippen molar-refractivity contribution in [1.29, 1.82) is 0 Å². The molecule has 6 heteroatoms. The van der Waals surface area contributed by atoms with E-state index in [1.54, 1.807) is 12.1 Å². The zero-order valence-electron chi connectivity index (χ0n) is 14.5. The number of carbonyl (C=O) groups is 1. The van der Waals surface area contributed by atoms with E-state index in [4.69, 9.17) is 21.1 Å². The highest BCUT2D eigenvalue weighted by Crippen LogP contribution is 2.32. The van der Waals surface area contributed by atoms with Crippen LogP contribution >= 0.6 is 11.6 Å². The normalized spacial score (nSPS) is 17.2. The van der Waals surface area contributed by atoms with Gasteiger partial charge in [-0.05, 0) is 42.3 Å². The van der Waals surface area contributed by atoms with E-state index >= 15 is 0 Å². The lowest BCUT2D eigenvalue weighted by molar-refractivity contribution is 0.0760. The summed E-state index contributed by atoms with van der Waals surface area (Å²) < 4.78 is 10.7. The molecule has 2 aromatic rings. The molecule has 4 rings (SSSR count). The topological polar surface area (TPSA) is 42.0 Å². The van der Waals surface area contributed by atoms with Crippen molar-refractivity contribution < 1.29 is 14.3 Å². The Hall–Kier alpha value is -2.24. The first-order chi connectivity index (χ1) is 12.7. The molecule has 0 N–H and O–H groups in total. The minimum absolute atomic E-state index is 0.0524. The van der Waals surface area contributed by atoms with E-state index in [9.17, 15) is 4.79 Å². The average molecular weight is 373 g/mol. The molecule has 0 bridgehead atoms. The monoisotopic (exact) mass is 372 g/mol. The number of halogens is 1. The van der Waals surface area contributed by atoms with Gasteiger partial charge in [-0.15, -0.1) is 0 Å². The van der Waals surface area contributed by atoms with Crippen molar-refractivity contribution >= 4 is 17.5 Å². The Morgan fingerprint density at radius 3 is 2.62 bits per heavy atom. The zero-order chi connectivity index (χ0) is 17.9. The van der Waals surface area contributed by atoms with Gasteiger partial charge in [0.25, 0.3) is 5.91 Å². The van der Waals surface area contributed by atoms with Gasteiger partial charge in [0.15, 0.2) is 11.5 Å². The molecule has 26 heavy (non-hydrogen) atoms. The fourth-order valence-electron chi connectivity index (χ4n) is 3.39. The molecule has 2 aliphatic rings. The van der Waals surface area contributed by atoms with Crippen LogP contribution in [0, 0.1) is 0 Å².